The molecule has 0 atom stereocenters. The number of aromatic hydroxyl groups is 1. The highest BCUT2D eigenvalue weighted by atomic mass is 16.3. The average molecular weight is 247 g/mol. The normalized spacial score (nSPS) is 18.1. The predicted molar refractivity (Wildman–Crippen MR) is 75.8 cm³/mol. The molecule has 1 aliphatic rings. The van der Waals surface area contributed by atoms with Gasteiger partial charge in [0.05, 0.1) is 0 Å². The number of rotatable bonds is 4. The Morgan fingerprint density at radius 2 is 2.00 bits per heavy atom. The summed E-state index contributed by atoms with van der Waals surface area (Å²) in [6.07, 6.45) is 5.33. The number of hydrogen-bond donors (Lipinski definition) is 1. The van der Waals surface area contributed by atoms with Crippen LogP contribution < -0.4 is 0 Å². The smallest absolute Gasteiger partial charge is 0.122 e. The van der Waals surface area contributed by atoms with Gasteiger partial charge < -0.3 is 5.11 Å². The summed E-state index contributed by atoms with van der Waals surface area (Å²) in [5.41, 5.74) is 2.05. The van der Waals surface area contributed by atoms with Crippen molar-refractivity contribution in [1.29, 1.82) is 0 Å². The summed E-state index contributed by atoms with van der Waals surface area (Å²) < 4.78 is 0. The molecule has 0 radical (unpaired) electrons. The molecule has 0 aliphatic carbocycles. The largest absolute Gasteiger partial charge is 0.507 e. The van der Waals surface area contributed by atoms with Crippen molar-refractivity contribution in [2.75, 3.05) is 13.1 Å². The molecule has 0 amide bonds. The maximum atomic E-state index is 10.0. The Bertz CT molecular complexity index is 381. The fourth-order valence-electron chi connectivity index (χ4n) is 2.93. The molecule has 1 aromatic carbocycles. The zero-order valence-electron chi connectivity index (χ0n) is 11.7. The molecule has 0 bridgehead atoms. The van der Waals surface area contributed by atoms with Gasteiger partial charge in [0.15, 0.2) is 0 Å². The molecule has 1 aromatic rings. The molecule has 1 heterocycles. The first-order chi connectivity index (χ1) is 8.70. The molecule has 1 aliphatic heterocycles. The number of nitrogens with zero attached hydrogens (tertiary/aromatic N) is 1. The van der Waals surface area contributed by atoms with E-state index in [2.05, 4.69) is 11.8 Å². The maximum Gasteiger partial charge on any atom is 0.122 e. The van der Waals surface area contributed by atoms with Gasteiger partial charge in [-0.3, -0.25) is 4.90 Å². The monoisotopic (exact) mass is 247 g/mol. The molecule has 1 saturated heterocycles. The van der Waals surface area contributed by atoms with Gasteiger partial charge in [-0.05, 0) is 44.3 Å². The van der Waals surface area contributed by atoms with E-state index in [0.717, 1.165) is 23.6 Å². The first-order valence-electron chi connectivity index (χ1n) is 7.20. The Hall–Kier alpha value is -1.02. The van der Waals surface area contributed by atoms with Crippen LogP contribution >= 0.6 is 0 Å². The summed E-state index contributed by atoms with van der Waals surface area (Å²) in [5, 5.41) is 10.0. The molecule has 0 saturated carbocycles. The summed E-state index contributed by atoms with van der Waals surface area (Å²) >= 11 is 0. The van der Waals surface area contributed by atoms with Crippen LogP contribution in [0.25, 0.3) is 0 Å². The summed E-state index contributed by atoms with van der Waals surface area (Å²) in [6, 6.07) is 6.04. The van der Waals surface area contributed by atoms with Gasteiger partial charge in [-0.15, -0.1) is 0 Å². The van der Waals surface area contributed by atoms with Gasteiger partial charge in [-0.1, -0.05) is 38.0 Å². The third-order valence-corrected chi connectivity index (χ3v) is 4.12. The van der Waals surface area contributed by atoms with Gasteiger partial charge in [0.2, 0.25) is 0 Å². The molecule has 1 N–H and O–H groups in total. The molecule has 0 unspecified atom stereocenters. The summed E-state index contributed by atoms with van der Waals surface area (Å²) in [6.45, 7) is 7.49. The lowest BCUT2D eigenvalue weighted by atomic mass is 9.92. The van der Waals surface area contributed by atoms with Gasteiger partial charge in [0, 0.05) is 12.1 Å². The summed E-state index contributed by atoms with van der Waals surface area (Å²) in [4.78, 5) is 2.47. The van der Waals surface area contributed by atoms with Crippen molar-refractivity contribution in [2.45, 2.75) is 46.1 Å². The van der Waals surface area contributed by atoms with Gasteiger partial charge in [0.25, 0.3) is 0 Å². The first-order valence-corrected chi connectivity index (χ1v) is 7.20. The zero-order chi connectivity index (χ0) is 13.0. The Morgan fingerprint density at radius 3 is 2.67 bits per heavy atom. The third kappa shape index (κ3) is 3.26. The van der Waals surface area contributed by atoms with E-state index in [1.165, 1.54) is 38.8 Å². The average Bonchev–Trinajstić information content (AvgIpc) is 2.38. The maximum absolute atomic E-state index is 10.0. The van der Waals surface area contributed by atoms with Crippen LogP contribution in [-0.4, -0.2) is 23.1 Å². The number of piperidine rings is 1. The SMILES string of the molecule is CCCC1CCN(Cc2cccc(C)c2O)CC1. The summed E-state index contributed by atoms with van der Waals surface area (Å²) in [7, 11) is 0. The van der Waals surface area contributed by atoms with E-state index in [1.807, 2.05) is 25.1 Å². The lowest BCUT2D eigenvalue weighted by Gasteiger charge is -2.32. The van der Waals surface area contributed by atoms with Crippen molar-refractivity contribution in [3.63, 3.8) is 0 Å². The standard InChI is InChI=1S/C16H25NO/c1-3-5-14-8-10-17(11-9-14)12-15-7-4-6-13(2)16(15)18/h4,6-7,14,18H,3,5,8-12H2,1-2H3. The Morgan fingerprint density at radius 1 is 1.28 bits per heavy atom. The highest BCUT2D eigenvalue weighted by Crippen LogP contribution is 2.26. The van der Waals surface area contributed by atoms with Gasteiger partial charge in [-0.25, -0.2) is 0 Å². The van der Waals surface area contributed by atoms with Gasteiger partial charge in [-0.2, -0.15) is 0 Å². The van der Waals surface area contributed by atoms with Crippen LogP contribution in [0.15, 0.2) is 18.2 Å². The topological polar surface area (TPSA) is 23.5 Å². The number of aryl methyl sites for hydroxylation is 1. The van der Waals surface area contributed by atoms with Crippen LogP contribution in [0.4, 0.5) is 0 Å². The Balaban J connectivity index is 1.90. The highest BCUT2D eigenvalue weighted by molar-refractivity contribution is 5.39. The van der Waals surface area contributed by atoms with Crippen molar-refractivity contribution in [3.05, 3.63) is 29.3 Å². The fourth-order valence-corrected chi connectivity index (χ4v) is 2.93. The molecule has 0 aromatic heterocycles. The van der Waals surface area contributed by atoms with E-state index in [4.69, 9.17) is 0 Å². The second-order valence-corrected chi connectivity index (χ2v) is 5.59. The quantitative estimate of drug-likeness (QED) is 0.876. The van der Waals surface area contributed by atoms with Crippen molar-refractivity contribution in [1.82, 2.24) is 4.90 Å². The molecule has 18 heavy (non-hydrogen) atoms. The van der Waals surface area contributed by atoms with Crippen LogP contribution in [0.1, 0.15) is 43.7 Å². The fraction of sp³-hybridized carbons (Fsp3) is 0.625. The summed E-state index contributed by atoms with van der Waals surface area (Å²) in [5.74, 6) is 1.41. The van der Waals surface area contributed by atoms with Crippen LogP contribution in [0.5, 0.6) is 5.75 Å². The highest BCUT2D eigenvalue weighted by Gasteiger charge is 2.19. The van der Waals surface area contributed by atoms with Crippen molar-refractivity contribution >= 4 is 0 Å². The molecular weight excluding hydrogens is 222 g/mol. The Kier molecular flexibility index (Phi) is 4.65. The lowest BCUT2D eigenvalue weighted by Crippen LogP contribution is -2.33. The van der Waals surface area contributed by atoms with Gasteiger partial charge >= 0.3 is 0 Å². The molecule has 2 nitrogen and oxygen atoms in total. The van der Waals surface area contributed by atoms with Crippen LogP contribution in [0.3, 0.4) is 0 Å². The number of likely N-dealkylation sites (tertiary alicyclic amines) is 1. The first kappa shape index (κ1) is 13.4. The molecule has 100 valence electrons. The number of para-hydroxylation sites is 1. The van der Waals surface area contributed by atoms with Crippen LogP contribution in [0.2, 0.25) is 0 Å². The molecule has 0 spiro atoms. The lowest BCUT2D eigenvalue weighted by molar-refractivity contribution is 0.170. The van der Waals surface area contributed by atoms with Crippen molar-refractivity contribution in [2.24, 2.45) is 5.92 Å². The minimum absolute atomic E-state index is 0.480. The van der Waals surface area contributed by atoms with E-state index in [0.29, 0.717) is 5.75 Å². The third-order valence-electron chi connectivity index (χ3n) is 4.12. The minimum atomic E-state index is 0.480. The molecule has 2 rings (SSSR count). The van der Waals surface area contributed by atoms with E-state index >= 15 is 0 Å². The predicted octanol–water partition coefficient (Wildman–Crippen LogP) is 3.71. The number of phenols is 1. The van der Waals surface area contributed by atoms with E-state index in [9.17, 15) is 5.11 Å². The van der Waals surface area contributed by atoms with E-state index < -0.39 is 0 Å². The zero-order valence-corrected chi connectivity index (χ0v) is 11.7. The Labute approximate surface area is 111 Å². The molecule has 1 fully saturated rings. The second-order valence-electron chi connectivity index (χ2n) is 5.59. The molecular formula is C16H25NO. The number of phenolic OH excluding ortho intramolecular Hbond substituents is 1. The number of benzene rings is 1. The van der Waals surface area contributed by atoms with E-state index in [-0.39, 0.29) is 0 Å². The van der Waals surface area contributed by atoms with Crippen molar-refractivity contribution in [3.8, 4) is 5.75 Å². The van der Waals surface area contributed by atoms with E-state index in [1.54, 1.807) is 0 Å². The van der Waals surface area contributed by atoms with Gasteiger partial charge in [0.1, 0.15) is 5.75 Å². The number of hydrogen-bond acceptors (Lipinski definition) is 2. The van der Waals surface area contributed by atoms with Crippen LogP contribution in [0, 0.1) is 12.8 Å². The second kappa shape index (κ2) is 6.24. The van der Waals surface area contributed by atoms with Crippen molar-refractivity contribution < 1.29 is 5.11 Å². The minimum Gasteiger partial charge on any atom is -0.507 e. The van der Waals surface area contributed by atoms with Crippen LogP contribution in [-0.2, 0) is 6.54 Å². The molecule has 2 heteroatoms.